The van der Waals surface area contributed by atoms with Gasteiger partial charge in [0.25, 0.3) is 5.91 Å². The lowest BCUT2D eigenvalue weighted by Crippen LogP contribution is -2.36. The number of rotatable bonds is 8. The zero-order valence-electron chi connectivity index (χ0n) is 16.4. The van der Waals surface area contributed by atoms with Gasteiger partial charge in [0, 0.05) is 36.2 Å². The van der Waals surface area contributed by atoms with E-state index in [0.717, 1.165) is 49.4 Å². The molecule has 0 aliphatic carbocycles. The molecule has 5 nitrogen and oxygen atoms in total. The van der Waals surface area contributed by atoms with Gasteiger partial charge in [0.15, 0.2) is 5.13 Å². The zero-order valence-corrected chi connectivity index (χ0v) is 17.2. The molecule has 4 rings (SSSR count). The molecule has 1 amide bonds. The summed E-state index contributed by atoms with van der Waals surface area (Å²) in [5.74, 6) is 0.00360. The first-order valence-corrected chi connectivity index (χ1v) is 11.1. The highest BCUT2D eigenvalue weighted by molar-refractivity contribution is 7.17. The second-order valence-corrected chi connectivity index (χ2v) is 8.59. The van der Waals surface area contributed by atoms with Crippen molar-refractivity contribution in [2.24, 2.45) is 0 Å². The molecule has 0 saturated carbocycles. The van der Waals surface area contributed by atoms with Gasteiger partial charge in [0.05, 0.1) is 6.20 Å². The number of amides is 1. The first-order chi connectivity index (χ1) is 13.7. The molecule has 1 aromatic carbocycles. The normalized spacial score (nSPS) is 15.2. The van der Waals surface area contributed by atoms with Gasteiger partial charge in [-0.15, -0.1) is 0 Å². The van der Waals surface area contributed by atoms with Crippen LogP contribution in [0.5, 0.6) is 0 Å². The van der Waals surface area contributed by atoms with Crippen LogP contribution in [0.2, 0.25) is 0 Å². The highest BCUT2D eigenvalue weighted by Crippen LogP contribution is 2.26. The minimum Gasteiger partial charge on any atom is -0.361 e. The molecule has 1 atom stereocenters. The Morgan fingerprint density at radius 3 is 2.96 bits per heavy atom. The summed E-state index contributed by atoms with van der Waals surface area (Å²) < 4.78 is 0. The molecule has 1 aliphatic heterocycles. The van der Waals surface area contributed by atoms with E-state index in [0.29, 0.717) is 4.88 Å². The number of para-hydroxylation sites is 1. The highest BCUT2D eigenvalue weighted by atomic mass is 32.1. The maximum atomic E-state index is 12.9. The van der Waals surface area contributed by atoms with Crippen LogP contribution in [0.15, 0.2) is 36.7 Å². The number of benzene rings is 1. The summed E-state index contributed by atoms with van der Waals surface area (Å²) in [5, 5.41) is 5.49. The SMILES string of the molecule is CCCCC(Cc1c[nH]c2ccccc12)NC(=O)c1cnc(N2CCCC2)s1. The predicted molar refractivity (Wildman–Crippen MR) is 116 cm³/mol. The third-order valence-electron chi connectivity index (χ3n) is 5.48. The van der Waals surface area contributed by atoms with Crippen LogP contribution in [0, 0.1) is 0 Å². The van der Waals surface area contributed by atoms with Gasteiger partial charge >= 0.3 is 0 Å². The molecule has 0 bridgehead atoms. The molecular weight excluding hydrogens is 368 g/mol. The Morgan fingerprint density at radius 2 is 2.14 bits per heavy atom. The Hall–Kier alpha value is -2.34. The van der Waals surface area contributed by atoms with Crippen molar-refractivity contribution < 1.29 is 4.79 Å². The van der Waals surface area contributed by atoms with E-state index in [9.17, 15) is 4.79 Å². The van der Waals surface area contributed by atoms with Gasteiger partial charge in [-0.2, -0.15) is 0 Å². The Morgan fingerprint density at radius 1 is 1.32 bits per heavy atom. The summed E-state index contributed by atoms with van der Waals surface area (Å²) in [5.41, 5.74) is 2.41. The highest BCUT2D eigenvalue weighted by Gasteiger charge is 2.20. The van der Waals surface area contributed by atoms with Crippen molar-refractivity contribution in [1.82, 2.24) is 15.3 Å². The topological polar surface area (TPSA) is 61.0 Å². The fourth-order valence-corrected chi connectivity index (χ4v) is 4.79. The van der Waals surface area contributed by atoms with E-state index in [-0.39, 0.29) is 11.9 Å². The first-order valence-electron chi connectivity index (χ1n) is 10.3. The summed E-state index contributed by atoms with van der Waals surface area (Å²) in [4.78, 5) is 23.7. The van der Waals surface area contributed by atoms with Crippen molar-refractivity contribution in [2.45, 2.75) is 51.5 Å². The molecule has 1 fully saturated rings. The largest absolute Gasteiger partial charge is 0.361 e. The molecule has 1 unspecified atom stereocenters. The lowest BCUT2D eigenvalue weighted by atomic mass is 10.0. The van der Waals surface area contributed by atoms with E-state index in [1.165, 1.54) is 35.1 Å². The van der Waals surface area contributed by atoms with E-state index >= 15 is 0 Å². The fraction of sp³-hybridized carbons (Fsp3) is 0.455. The Kier molecular flexibility index (Phi) is 5.95. The Bertz CT molecular complexity index is 925. The number of unbranched alkanes of at least 4 members (excludes halogenated alkanes) is 1. The van der Waals surface area contributed by atoms with E-state index in [2.05, 4.69) is 51.5 Å². The lowest BCUT2D eigenvalue weighted by molar-refractivity contribution is 0.0938. The van der Waals surface area contributed by atoms with Crippen molar-refractivity contribution in [3.8, 4) is 0 Å². The molecule has 148 valence electrons. The standard InChI is InChI=1S/C22H28N4OS/c1-2-3-8-17(13-16-14-23-19-10-5-4-9-18(16)19)25-21(27)20-15-24-22(28-20)26-11-6-7-12-26/h4-5,9-10,14-15,17,23H,2-3,6-8,11-13H2,1H3,(H,25,27). The molecule has 3 aromatic rings. The number of fused-ring (bicyclic) bond motifs is 1. The van der Waals surface area contributed by atoms with Crippen LogP contribution >= 0.6 is 11.3 Å². The fourth-order valence-electron chi connectivity index (χ4n) is 3.92. The zero-order chi connectivity index (χ0) is 19.3. The number of hydrogen-bond acceptors (Lipinski definition) is 4. The van der Waals surface area contributed by atoms with Gasteiger partial charge in [-0.25, -0.2) is 4.98 Å². The van der Waals surface area contributed by atoms with Crippen molar-refractivity contribution in [3.63, 3.8) is 0 Å². The maximum absolute atomic E-state index is 12.9. The molecule has 6 heteroatoms. The van der Waals surface area contributed by atoms with Crippen LogP contribution in [0.1, 0.15) is 54.3 Å². The Labute approximate surface area is 170 Å². The summed E-state index contributed by atoms with van der Waals surface area (Å²) in [6.07, 6.45) is 10.3. The van der Waals surface area contributed by atoms with Gasteiger partial charge in [-0.1, -0.05) is 49.3 Å². The molecule has 2 aromatic heterocycles. The van der Waals surface area contributed by atoms with Crippen LogP contribution in [0.25, 0.3) is 10.9 Å². The maximum Gasteiger partial charge on any atom is 0.263 e. The predicted octanol–water partition coefficient (Wildman–Crippen LogP) is 4.76. The second kappa shape index (κ2) is 8.78. The summed E-state index contributed by atoms with van der Waals surface area (Å²) in [7, 11) is 0. The number of thiazole rings is 1. The summed E-state index contributed by atoms with van der Waals surface area (Å²) >= 11 is 1.51. The number of anilines is 1. The number of nitrogens with zero attached hydrogens (tertiary/aromatic N) is 2. The molecule has 1 aliphatic rings. The average Bonchev–Trinajstić information content (AvgIpc) is 3.46. The molecule has 0 radical (unpaired) electrons. The quantitative estimate of drug-likeness (QED) is 0.577. The van der Waals surface area contributed by atoms with Crippen LogP contribution in [-0.4, -0.2) is 35.0 Å². The minimum atomic E-state index is 0.00360. The van der Waals surface area contributed by atoms with Gasteiger partial charge < -0.3 is 15.2 Å². The smallest absolute Gasteiger partial charge is 0.263 e. The number of carbonyl (C=O) groups is 1. The van der Waals surface area contributed by atoms with E-state index < -0.39 is 0 Å². The van der Waals surface area contributed by atoms with Crippen LogP contribution in [0.3, 0.4) is 0 Å². The van der Waals surface area contributed by atoms with E-state index in [1.54, 1.807) is 6.20 Å². The first kappa shape index (κ1) is 19.0. The number of aromatic nitrogens is 2. The van der Waals surface area contributed by atoms with Crippen molar-refractivity contribution in [2.75, 3.05) is 18.0 Å². The lowest BCUT2D eigenvalue weighted by Gasteiger charge is -2.18. The number of carbonyl (C=O) groups excluding carboxylic acids is 1. The van der Waals surface area contributed by atoms with Crippen molar-refractivity contribution in [1.29, 1.82) is 0 Å². The van der Waals surface area contributed by atoms with Crippen LogP contribution in [-0.2, 0) is 6.42 Å². The third-order valence-corrected chi connectivity index (χ3v) is 6.53. The van der Waals surface area contributed by atoms with Crippen molar-refractivity contribution >= 4 is 33.3 Å². The van der Waals surface area contributed by atoms with Gasteiger partial charge in [-0.05, 0) is 37.3 Å². The number of hydrogen-bond donors (Lipinski definition) is 2. The van der Waals surface area contributed by atoms with Gasteiger partial charge in [-0.3, -0.25) is 4.79 Å². The number of H-pyrrole nitrogens is 1. The number of aromatic amines is 1. The third kappa shape index (κ3) is 4.22. The summed E-state index contributed by atoms with van der Waals surface area (Å²) in [6.45, 7) is 4.29. The van der Waals surface area contributed by atoms with E-state index in [4.69, 9.17) is 0 Å². The number of nitrogens with one attached hydrogen (secondary N) is 2. The monoisotopic (exact) mass is 396 g/mol. The average molecular weight is 397 g/mol. The molecule has 2 N–H and O–H groups in total. The van der Waals surface area contributed by atoms with Gasteiger partial charge in [0.1, 0.15) is 4.88 Å². The molecule has 3 heterocycles. The molecule has 0 spiro atoms. The molecule has 1 saturated heterocycles. The molecular formula is C22H28N4OS. The van der Waals surface area contributed by atoms with Crippen molar-refractivity contribution in [3.05, 3.63) is 47.1 Å². The molecule has 28 heavy (non-hydrogen) atoms. The van der Waals surface area contributed by atoms with Gasteiger partial charge in [0.2, 0.25) is 0 Å². The summed E-state index contributed by atoms with van der Waals surface area (Å²) in [6, 6.07) is 8.47. The second-order valence-electron chi connectivity index (χ2n) is 7.58. The van der Waals surface area contributed by atoms with E-state index in [1.807, 2.05) is 6.07 Å². The van der Waals surface area contributed by atoms with Crippen LogP contribution in [0.4, 0.5) is 5.13 Å². The Balaban J connectivity index is 1.46. The minimum absolute atomic E-state index is 0.00360. The van der Waals surface area contributed by atoms with Crippen LogP contribution < -0.4 is 10.2 Å².